The number of alkyl halides is 2. The summed E-state index contributed by atoms with van der Waals surface area (Å²) in [5, 5.41) is 8.98. The molecule has 92 valence electrons. The quantitative estimate of drug-likeness (QED) is 0.656. The van der Waals surface area contributed by atoms with Crippen LogP contribution in [0.25, 0.3) is 0 Å². The van der Waals surface area contributed by atoms with E-state index in [1.165, 1.54) is 12.1 Å². The van der Waals surface area contributed by atoms with Crippen LogP contribution in [-0.2, 0) is 4.74 Å². The lowest BCUT2D eigenvalue weighted by Crippen LogP contribution is -2.12. The van der Waals surface area contributed by atoms with Crippen LogP contribution in [0, 0.1) is 0 Å². The highest BCUT2D eigenvalue weighted by atomic mass is 79.9. The molecule has 0 aliphatic carbocycles. The molecule has 1 N–H and O–H groups in total. The monoisotopic (exact) mass is 364 g/mol. The molecule has 0 bridgehead atoms. The summed E-state index contributed by atoms with van der Waals surface area (Å²) in [6.45, 7) is 1.87. The van der Waals surface area contributed by atoms with Crippen molar-refractivity contribution >= 4 is 43.8 Å². The van der Waals surface area contributed by atoms with E-state index in [9.17, 15) is 9.59 Å². The molecule has 0 fully saturated rings. The van der Waals surface area contributed by atoms with E-state index in [1.54, 1.807) is 13.0 Å². The maximum Gasteiger partial charge on any atom is 0.339 e. The highest BCUT2D eigenvalue weighted by molar-refractivity contribution is 9.24. The first-order valence-corrected chi connectivity index (χ1v) is 6.63. The molecule has 0 amide bonds. The summed E-state index contributed by atoms with van der Waals surface area (Å²) < 4.78 is 4.67. The normalized spacial score (nSPS) is 10.4. The zero-order chi connectivity index (χ0) is 13.0. The van der Waals surface area contributed by atoms with Gasteiger partial charge in [-0.05, 0) is 24.6 Å². The Kier molecular flexibility index (Phi) is 5.14. The Bertz CT molecular complexity index is 443. The van der Waals surface area contributed by atoms with Gasteiger partial charge in [0.25, 0.3) is 0 Å². The smallest absolute Gasteiger partial charge is 0.339 e. The zero-order valence-electron chi connectivity index (χ0n) is 8.94. The van der Waals surface area contributed by atoms with Gasteiger partial charge in [0.05, 0.1) is 21.5 Å². The second-order valence-electron chi connectivity index (χ2n) is 3.13. The van der Waals surface area contributed by atoms with Crippen LogP contribution < -0.4 is 0 Å². The number of rotatable bonds is 4. The van der Waals surface area contributed by atoms with E-state index >= 15 is 0 Å². The summed E-state index contributed by atoms with van der Waals surface area (Å²) >= 11 is 6.57. The Morgan fingerprint density at radius 3 is 2.47 bits per heavy atom. The molecule has 0 spiro atoms. The van der Waals surface area contributed by atoms with Gasteiger partial charge >= 0.3 is 11.9 Å². The largest absolute Gasteiger partial charge is 0.478 e. The fraction of sp³-hybridized carbons (Fsp3) is 0.273. The predicted octanol–water partition coefficient (Wildman–Crippen LogP) is 3.35. The van der Waals surface area contributed by atoms with E-state index in [0.717, 1.165) is 5.56 Å². The van der Waals surface area contributed by atoms with Gasteiger partial charge in [-0.2, -0.15) is 0 Å². The third kappa shape index (κ3) is 3.54. The number of halogens is 2. The van der Waals surface area contributed by atoms with Gasteiger partial charge in [-0.25, -0.2) is 9.59 Å². The Morgan fingerprint density at radius 2 is 2.00 bits per heavy atom. The van der Waals surface area contributed by atoms with Crippen molar-refractivity contribution in [2.45, 2.75) is 10.7 Å². The summed E-state index contributed by atoms with van der Waals surface area (Å²) in [4.78, 5) is 22.6. The van der Waals surface area contributed by atoms with Crippen LogP contribution in [0.5, 0.6) is 0 Å². The van der Waals surface area contributed by atoms with E-state index in [0.29, 0.717) is 0 Å². The van der Waals surface area contributed by atoms with Crippen molar-refractivity contribution < 1.29 is 19.4 Å². The van der Waals surface area contributed by atoms with Crippen LogP contribution >= 0.6 is 31.9 Å². The van der Waals surface area contributed by atoms with Gasteiger partial charge in [0.1, 0.15) is 0 Å². The number of hydrogen-bond donors (Lipinski definition) is 1. The molecule has 0 saturated heterocycles. The van der Waals surface area contributed by atoms with Gasteiger partial charge in [0, 0.05) is 0 Å². The van der Waals surface area contributed by atoms with Crippen molar-refractivity contribution in [1.29, 1.82) is 0 Å². The molecule has 4 nitrogen and oxygen atoms in total. The molecule has 0 radical (unpaired) electrons. The number of hydrogen-bond acceptors (Lipinski definition) is 3. The van der Waals surface area contributed by atoms with Crippen LogP contribution in [0.4, 0.5) is 0 Å². The van der Waals surface area contributed by atoms with Crippen molar-refractivity contribution in [3.63, 3.8) is 0 Å². The summed E-state index contributed by atoms with van der Waals surface area (Å²) in [7, 11) is 0. The number of carbonyl (C=O) groups is 2. The molecule has 1 aromatic carbocycles. The third-order valence-corrected chi connectivity index (χ3v) is 3.08. The maximum atomic E-state index is 11.6. The van der Waals surface area contributed by atoms with Crippen LogP contribution in [-0.4, -0.2) is 23.7 Å². The Labute approximate surface area is 115 Å². The van der Waals surface area contributed by atoms with Crippen LogP contribution in [0.1, 0.15) is 36.9 Å². The number of carboxylic acid groups (broad SMARTS) is 1. The average Bonchev–Trinajstić information content (AvgIpc) is 2.28. The topological polar surface area (TPSA) is 63.6 Å². The molecule has 0 aromatic heterocycles. The lowest BCUT2D eigenvalue weighted by molar-refractivity contribution is 0.0514. The Morgan fingerprint density at radius 1 is 1.35 bits per heavy atom. The number of carboxylic acids is 1. The minimum Gasteiger partial charge on any atom is -0.478 e. The molecule has 17 heavy (non-hydrogen) atoms. The van der Waals surface area contributed by atoms with E-state index in [4.69, 9.17) is 9.84 Å². The SMILES string of the molecule is CCOC(=O)c1cc(C(Br)Br)ccc1C(=O)O. The van der Waals surface area contributed by atoms with Gasteiger partial charge in [-0.15, -0.1) is 0 Å². The number of ether oxygens (including phenoxy) is 1. The van der Waals surface area contributed by atoms with Crippen molar-refractivity contribution in [3.8, 4) is 0 Å². The zero-order valence-corrected chi connectivity index (χ0v) is 12.1. The molecular formula is C11H10Br2O4. The molecule has 0 heterocycles. The second-order valence-corrected chi connectivity index (χ2v) is 6.19. The maximum absolute atomic E-state index is 11.6. The first-order chi connectivity index (χ1) is 7.97. The first-order valence-electron chi connectivity index (χ1n) is 4.79. The van der Waals surface area contributed by atoms with Crippen LogP contribution in [0.2, 0.25) is 0 Å². The predicted molar refractivity (Wildman–Crippen MR) is 70.0 cm³/mol. The molecular weight excluding hydrogens is 356 g/mol. The molecule has 1 rings (SSSR count). The lowest BCUT2D eigenvalue weighted by atomic mass is 10.0. The summed E-state index contributed by atoms with van der Waals surface area (Å²) in [5.41, 5.74) is 0.742. The minimum atomic E-state index is -1.15. The van der Waals surface area contributed by atoms with E-state index in [2.05, 4.69) is 31.9 Å². The number of benzene rings is 1. The van der Waals surface area contributed by atoms with Gasteiger partial charge < -0.3 is 9.84 Å². The van der Waals surface area contributed by atoms with Crippen molar-refractivity contribution in [3.05, 3.63) is 34.9 Å². The standard InChI is InChI=1S/C11H10Br2O4/c1-2-17-11(16)8-5-6(9(12)13)3-4-7(8)10(14)15/h3-5,9H,2H2,1H3,(H,14,15). The number of esters is 1. The molecule has 0 aliphatic heterocycles. The summed E-state index contributed by atoms with van der Waals surface area (Å²) in [6.07, 6.45) is 0. The van der Waals surface area contributed by atoms with Gasteiger partial charge in [0.2, 0.25) is 0 Å². The summed E-state index contributed by atoms with van der Waals surface area (Å²) in [5.74, 6) is -1.78. The molecule has 1 aromatic rings. The highest BCUT2D eigenvalue weighted by Gasteiger charge is 2.19. The van der Waals surface area contributed by atoms with E-state index in [1.807, 2.05) is 0 Å². The highest BCUT2D eigenvalue weighted by Crippen LogP contribution is 2.30. The van der Waals surface area contributed by atoms with Crippen LogP contribution in [0.3, 0.4) is 0 Å². The van der Waals surface area contributed by atoms with E-state index in [-0.39, 0.29) is 21.5 Å². The fourth-order valence-corrected chi connectivity index (χ4v) is 1.83. The van der Waals surface area contributed by atoms with Crippen LogP contribution in [0.15, 0.2) is 18.2 Å². The molecule has 0 atom stereocenters. The van der Waals surface area contributed by atoms with Crippen molar-refractivity contribution in [2.75, 3.05) is 6.61 Å². The minimum absolute atomic E-state index is 0.0563. The van der Waals surface area contributed by atoms with Gasteiger partial charge in [-0.3, -0.25) is 0 Å². The van der Waals surface area contributed by atoms with Gasteiger partial charge in [0.15, 0.2) is 0 Å². The van der Waals surface area contributed by atoms with E-state index < -0.39 is 11.9 Å². The molecule has 6 heteroatoms. The first kappa shape index (κ1) is 14.2. The second kappa shape index (κ2) is 6.16. The number of aromatic carboxylic acids is 1. The Balaban J connectivity index is 3.25. The molecule has 0 saturated carbocycles. The average molecular weight is 366 g/mol. The fourth-order valence-electron chi connectivity index (χ4n) is 1.26. The van der Waals surface area contributed by atoms with Gasteiger partial charge in [-0.1, -0.05) is 37.9 Å². The Hall–Kier alpha value is -0.880. The van der Waals surface area contributed by atoms with Crippen molar-refractivity contribution in [1.82, 2.24) is 0 Å². The number of carbonyl (C=O) groups excluding carboxylic acids is 1. The summed E-state index contributed by atoms with van der Waals surface area (Å²) in [6, 6.07) is 4.51. The third-order valence-electron chi connectivity index (χ3n) is 2.02. The van der Waals surface area contributed by atoms with Crippen molar-refractivity contribution in [2.24, 2.45) is 0 Å². The molecule has 0 unspecified atom stereocenters. The lowest BCUT2D eigenvalue weighted by Gasteiger charge is -2.09. The molecule has 0 aliphatic rings.